The number of nitrogens with zero attached hydrogens (tertiary/aromatic N) is 1. The molecular weight excluding hydrogens is 355 g/mol. The van der Waals surface area contributed by atoms with Gasteiger partial charge in [0, 0.05) is 22.8 Å². The van der Waals surface area contributed by atoms with Gasteiger partial charge in [-0.2, -0.15) is 0 Å². The lowest BCUT2D eigenvalue weighted by atomic mass is 10.1. The summed E-state index contributed by atoms with van der Waals surface area (Å²) < 4.78 is 13.5. The number of fused-ring (bicyclic) bond motifs is 1. The third-order valence-corrected chi connectivity index (χ3v) is 4.22. The fraction of sp³-hybridized carbons (Fsp3) is 0.286. The zero-order valence-electron chi connectivity index (χ0n) is 11.7. The predicted molar refractivity (Wildman–Crippen MR) is 81.8 cm³/mol. The normalized spacial score (nSPS) is 23.7. The van der Waals surface area contributed by atoms with Crippen LogP contribution in [0.15, 0.2) is 34.6 Å². The van der Waals surface area contributed by atoms with Gasteiger partial charge in [-0.3, -0.25) is 9.59 Å². The number of amides is 2. The van der Waals surface area contributed by atoms with Crippen LogP contribution in [-0.4, -0.2) is 28.9 Å². The summed E-state index contributed by atoms with van der Waals surface area (Å²) in [5.74, 6) is -0.801. The maximum absolute atomic E-state index is 13.1. The van der Waals surface area contributed by atoms with Crippen molar-refractivity contribution < 1.29 is 14.0 Å². The van der Waals surface area contributed by atoms with Gasteiger partial charge in [0.2, 0.25) is 11.8 Å². The van der Waals surface area contributed by atoms with Gasteiger partial charge in [-0.1, -0.05) is 0 Å². The topological polar surface area (TPSA) is 73.5 Å². The first-order valence-corrected chi connectivity index (χ1v) is 7.53. The van der Waals surface area contributed by atoms with E-state index in [-0.39, 0.29) is 11.8 Å². The zero-order chi connectivity index (χ0) is 15.9. The molecule has 3 rings (SSSR count). The Hall–Kier alpha value is -1.93. The van der Waals surface area contributed by atoms with Crippen LogP contribution in [0, 0.1) is 5.82 Å². The Bertz CT molecular complexity index is 679. The van der Waals surface area contributed by atoms with Crippen LogP contribution in [0.4, 0.5) is 10.1 Å². The van der Waals surface area contributed by atoms with Crippen molar-refractivity contribution in [2.24, 2.45) is 0 Å². The monoisotopic (exact) mass is 368 g/mol. The molecule has 0 bridgehead atoms. The minimum atomic E-state index is -0.533. The number of hydrazine groups is 1. The molecule has 2 aliphatic heterocycles. The number of rotatable bonds is 2. The second-order valence-electron chi connectivity index (χ2n) is 5.26. The lowest BCUT2D eigenvalue weighted by molar-refractivity contribution is -0.125. The first-order valence-electron chi connectivity index (χ1n) is 6.74. The number of carbonyl (C=O) groups excluding carboxylic acids is 2. The molecule has 1 fully saturated rings. The van der Waals surface area contributed by atoms with Crippen LogP contribution >= 0.6 is 15.9 Å². The predicted octanol–water partition coefficient (Wildman–Crippen LogP) is 1.47. The molecule has 0 spiro atoms. The average molecular weight is 369 g/mol. The van der Waals surface area contributed by atoms with Gasteiger partial charge >= 0.3 is 0 Å². The van der Waals surface area contributed by atoms with E-state index in [2.05, 4.69) is 32.0 Å². The van der Waals surface area contributed by atoms with E-state index in [1.807, 2.05) is 0 Å². The molecule has 0 aliphatic carbocycles. The SMILES string of the molecule is CC1=CN2NC(C(=O)Nc3ccc(F)cc3Br)CC2C(=O)N1. The molecule has 6 nitrogen and oxygen atoms in total. The Labute approximate surface area is 134 Å². The van der Waals surface area contributed by atoms with E-state index >= 15 is 0 Å². The molecule has 116 valence electrons. The number of halogens is 2. The fourth-order valence-electron chi connectivity index (χ4n) is 2.51. The maximum Gasteiger partial charge on any atom is 0.248 e. The number of carbonyl (C=O) groups is 2. The van der Waals surface area contributed by atoms with Crippen molar-refractivity contribution in [2.75, 3.05) is 5.32 Å². The minimum absolute atomic E-state index is 0.134. The second kappa shape index (κ2) is 5.69. The van der Waals surface area contributed by atoms with Crippen LogP contribution in [0.1, 0.15) is 13.3 Å². The molecule has 2 amide bonds. The maximum atomic E-state index is 13.1. The molecule has 2 aliphatic rings. The van der Waals surface area contributed by atoms with Gasteiger partial charge in [-0.05, 0) is 41.1 Å². The Balaban J connectivity index is 1.71. The number of hydrogen-bond donors (Lipinski definition) is 3. The lowest BCUT2D eigenvalue weighted by Gasteiger charge is -2.27. The van der Waals surface area contributed by atoms with Crippen molar-refractivity contribution >= 4 is 33.4 Å². The largest absolute Gasteiger partial charge is 0.327 e. The van der Waals surface area contributed by atoms with Crippen LogP contribution in [0.3, 0.4) is 0 Å². The van der Waals surface area contributed by atoms with E-state index in [0.29, 0.717) is 16.6 Å². The van der Waals surface area contributed by atoms with E-state index in [9.17, 15) is 14.0 Å². The third kappa shape index (κ3) is 2.84. The van der Waals surface area contributed by atoms with Crippen molar-refractivity contribution in [3.8, 4) is 0 Å². The average Bonchev–Trinajstić information content (AvgIpc) is 2.86. The van der Waals surface area contributed by atoms with E-state index in [0.717, 1.165) is 5.70 Å². The summed E-state index contributed by atoms with van der Waals surface area (Å²) in [6.45, 7) is 1.78. The summed E-state index contributed by atoms with van der Waals surface area (Å²) in [5, 5.41) is 7.11. The van der Waals surface area contributed by atoms with Gasteiger partial charge in [0.1, 0.15) is 17.9 Å². The number of nitrogens with one attached hydrogen (secondary N) is 3. The van der Waals surface area contributed by atoms with E-state index in [1.165, 1.54) is 18.2 Å². The van der Waals surface area contributed by atoms with Crippen molar-refractivity contribution in [3.05, 3.63) is 40.4 Å². The molecule has 2 heterocycles. The van der Waals surface area contributed by atoms with Crippen molar-refractivity contribution in [1.29, 1.82) is 0 Å². The molecule has 0 saturated carbocycles. The molecule has 1 aromatic rings. The lowest BCUT2D eigenvalue weighted by Crippen LogP contribution is -2.48. The quantitative estimate of drug-likeness (QED) is 0.738. The van der Waals surface area contributed by atoms with E-state index in [4.69, 9.17) is 0 Å². The summed E-state index contributed by atoms with van der Waals surface area (Å²) in [6, 6.07) is 3.09. The van der Waals surface area contributed by atoms with Crippen molar-refractivity contribution in [3.63, 3.8) is 0 Å². The number of allylic oxidation sites excluding steroid dienone is 1. The Morgan fingerprint density at radius 1 is 1.50 bits per heavy atom. The van der Waals surface area contributed by atoms with Crippen molar-refractivity contribution in [2.45, 2.75) is 25.4 Å². The van der Waals surface area contributed by atoms with Crippen LogP contribution in [-0.2, 0) is 9.59 Å². The summed E-state index contributed by atoms with van der Waals surface area (Å²) in [5.41, 5.74) is 4.20. The summed E-state index contributed by atoms with van der Waals surface area (Å²) >= 11 is 3.20. The fourth-order valence-corrected chi connectivity index (χ4v) is 2.96. The number of benzene rings is 1. The molecule has 22 heavy (non-hydrogen) atoms. The highest BCUT2D eigenvalue weighted by atomic mass is 79.9. The zero-order valence-corrected chi connectivity index (χ0v) is 13.3. The molecule has 1 aromatic carbocycles. The Morgan fingerprint density at radius 3 is 3.00 bits per heavy atom. The molecule has 8 heteroatoms. The van der Waals surface area contributed by atoms with Gasteiger partial charge in [0.05, 0.1) is 5.69 Å². The van der Waals surface area contributed by atoms with E-state index < -0.39 is 17.9 Å². The highest BCUT2D eigenvalue weighted by molar-refractivity contribution is 9.10. The Kier molecular flexibility index (Phi) is 3.88. The summed E-state index contributed by atoms with van der Waals surface area (Å²) in [6.07, 6.45) is 2.12. The van der Waals surface area contributed by atoms with Crippen LogP contribution in [0.5, 0.6) is 0 Å². The highest BCUT2D eigenvalue weighted by Gasteiger charge is 2.40. The van der Waals surface area contributed by atoms with Gasteiger partial charge in [0.15, 0.2) is 0 Å². The molecule has 2 unspecified atom stereocenters. The van der Waals surface area contributed by atoms with Gasteiger partial charge in [-0.15, -0.1) is 0 Å². The third-order valence-electron chi connectivity index (χ3n) is 3.56. The Morgan fingerprint density at radius 2 is 2.27 bits per heavy atom. The summed E-state index contributed by atoms with van der Waals surface area (Å²) in [7, 11) is 0. The standard InChI is InChI=1S/C14H14BrFN4O2/c1-7-6-20-12(14(22)17-7)5-11(19-20)13(21)18-10-3-2-8(16)4-9(10)15/h2-4,6,11-12,19H,5H2,1H3,(H,17,22)(H,18,21). The highest BCUT2D eigenvalue weighted by Crippen LogP contribution is 2.25. The number of anilines is 1. The van der Waals surface area contributed by atoms with Crippen molar-refractivity contribution in [1.82, 2.24) is 15.8 Å². The van der Waals surface area contributed by atoms with Gasteiger partial charge in [0.25, 0.3) is 0 Å². The molecule has 3 N–H and O–H groups in total. The molecule has 0 radical (unpaired) electrons. The smallest absolute Gasteiger partial charge is 0.248 e. The second-order valence-corrected chi connectivity index (χ2v) is 6.11. The first-order chi connectivity index (χ1) is 10.4. The van der Waals surface area contributed by atoms with Crippen LogP contribution < -0.4 is 16.1 Å². The van der Waals surface area contributed by atoms with Gasteiger partial charge in [-0.25, -0.2) is 9.82 Å². The first kappa shape index (κ1) is 15.0. The van der Waals surface area contributed by atoms with E-state index in [1.54, 1.807) is 18.1 Å². The molecule has 2 atom stereocenters. The molecule has 1 saturated heterocycles. The summed E-state index contributed by atoms with van der Waals surface area (Å²) in [4.78, 5) is 24.2. The number of hydrogen-bond acceptors (Lipinski definition) is 4. The minimum Gasteiger partial charge on any atom is -0.327 e. The molecule has 0 aromatic heterocycles. The van der Waals surface area contributed by atoms with Gasteiger partial charge < -0.3 is 15.6 Å². The molecular formula is C14H14BrFN4O2. The van der Waals surface area contributed by atoms with Crippen LogP contribution in [0.2, 0.25) is 0 Å². The van der Waals surface area contributed by atoms with Crippen LogP contribution in [0.25, 0.3) is 0 Å².